The standard InChI is InChI=1S/C17H16ClF3N4O/c1-10-8-14(15(26)25-6-2-3-7-25)24-16(22-10)23-13-5-4-11(18)9-12(13)17(19,20)21/h4-5,8-9H,2-3,6-7H2,1H3,(H,22,23,24). The SMILES string of the molecule is Cc1cc(C(=O)N2CCCC2)nc(Nc2ccc(Cl)cc2C(F)(F)F)n1. The molecule has 2 aromatic rings. The van der Waals surface area contributed by atoms with Crippen LogP contribution in [0.15, 0.2) is 24.3 Å². The van der Waals surface area contributed by atoms with Gasteiger partial charge >= 0.3 is 6.18 Å². The molecule has 1 fully saturated rings. The number of hydrogen-bond acceptors (Lipinski definition) is 4. The van der Waals surface area contributed by atoms with Crippen molar-refractivity contribution < 1.29 is 18.0 Å². The second-order valence-electron chi connectivity index (χ2n) is 6.03. The van der Waals surface area contributed by atoms with Crippen molar-refractivity contribution in [1.82, 2.24) is 14.9 Å². The first kappa shape index (κ1) is 18.4. The number of rotatable bonds is 3. The van der Waals surface area contributed by atoms with Gasteiger partial charge in [-0.2, -0.15) is 13.2 Å². The average molecular weight is 385 g/mol. The van der Waals surface area contributed by atoms with Gasteiger partial charge in [0.05, 0.1) is 11.3 Å². The maximum absolute atomic E-state index is 13.2. The Labute approximate surface area is 153 Å². The smallest absolute Gasteiger partial charge is 0.337 e. The molecule has 1 aliphatic heterocycles. The molecule has 26 heavy (non-hydrogen) atoms. The Morgan fingerprint density at radius 3 is 2.54 bits per heavy atom. The zero-order chi connectivity index (χ0) is 18.9. The van der Waals surface area contributed by atoms with E-state index in [1.807, 2.05) is 0 Å². The minimum atomic E-state index is -4.59. The van der Waals surface area contributed by atoms with Crippen molar-refractivity contribution in [3.8, 4) is 0 Å². The molecule has 0 aliphatic carbocycles. The molecule has 9 heteroatoms. The molecular weight excluding hydrogens is 369 g/mol. The van der Waals surface area contributed by atoms with Gasteiger partial charge in [-0.05, 0) is 44.0 Å². The maximum Gasteiger partial charge on any atom is 0.418 e. The van der Waals surface area contributed by atoms with Crippen LogP contribution < -0.4 is 5.32 Å². The molecule has 1 aromatic carbocycles. The molecule has 138 valence electrons. The Morgan fingerprint density at radius 1 is 1.19 bits per heavy atom. The zero-order valence-corrected chi connectivity index (χ0v) is 14.7. The number of halogens is 4. The highest BCUT2D eigenvalue weighted by atomic mass is 35.5. The fourth-order valence-corrected chi connectivity index (χ4v) is 2.97. The molecule has 1 N–H and O–H groups in total. The number of nitrogens with one attached hydrogen (secondary N) is 1. The van der Waals surface area contributed by atoms with Crippen molar-refractivity contribution >= 4 is 29.1 Å². The van der Waals surface area contributed by atoms with Gasteiger partial charge in [0.1, 0.15) is 5.69 Å². The van der Waals surface area contributed by atoms with Gasteiger partial charge in [0.15, 0.2) is 0 Å². The first-order chi connectivity index (χ1) is 12.2. The number of anilines is 2. The van der Waals surface area contributed by atoms with Crippen LogP contribution in [-0.4, -0.2) is 33.9 Å². The molecule has 0 spiro atoms. The van der Waals surface area contributed by atoms with Gasteiger partial charge in [-0.25, -0.2) is 9.97 Å². The normalized spacial score (nSPS) is 14.6. The first-order valence-electron chi connectivity index (χ1n) is 8.03. The number of hydrogen-bond donors (Lipinski definition) is 1. The number of alkyl halides is 3. The summed E-state index contributed by atoms with van der Waals surface area (Å²) in [6.07, 6.45) is -2.73. The largest absolute Gasteiger partial charge is 0.418 e. The minimum Gasteiger partial charge on any atom is -0.337 e. The van der Waals surface area contributed by atoms with Crippen molar-refractivity contribution in [2.75, 3.05) is 18.4 Å². The Morgan fingerprint density at radius 2 is 1.88 bits per heavy atom. The third kappa shape index (κ3) is 4.07. The lowest BCUT2D eigenvalue weighted by molar-refractivity contribution is -0.136. The summed E-state index contributed by atoms with van der Waals surface area (Å²) >= 11 is 5.68. The highest BCUT2D eigenvalue weighted by Crippen LogP contribution is 2.37. The lowest BCUT2D eigenvalue weighted by Crippen LogP contribution is -2.28. The second-order valence-corrected chi connectivity index (χ2v) is 6.47. The van der Waals surface area contributed by atoms with Crippen LogP contribution in [0.2, 0.25) is 5.02 Å². The van der Waals surface area contributed by atoms with Crippen molar-refractivity contribution in [3.63, 3.8) is 0 Å². The summed E-state index contributed by atoms with van der Waals surface area (Å²) in [4.78, 5) is 22.4. The molecule has 1 aliphatic rings. The molecule has 0 atom stereocenters. The van der Waals surface area contributed by atoms with Gasteiger partial charge < -0.3 is 10.2 Å². The van der Waals surface area contributed by atoms with Crippen LogP contribution >= 0.6 is 11.6 Å². The summed E-state index contributed by atoms with van der Waals surface area (Å²) in [5, 5.41) is 2.53. The van der Waals surface area contributed by atoms with E-state index in [1.54, 1.807) is 11.8 Å². The summed E-state index contributed by atoms with van der Waals surface area (Å²) in [5.74, 6) is -0.316. The van der Waals surface area contributed by atoms with E-state index in [-0.39, 0.29) is 28.3 Å². The van der Waals surface area contributed by atoms with Crippen molar-refractivity contribution in [3.05, 3.63) is 46.2 Å². The summed E-state index contributed by atoms with van der Waals surface area (Å²) in [7, 11) is 0. The van der Waals surface area contributed by atoms with E-state index in [0.717, 1.165) is 18.9 Å². The van der Waals surface area contributed by atoms with Crippen molar-refractivity contribution in [1.29, 1.82) is 0 Å². The third-order valence-corrected chi connectivity index (χ3v) is 4.24. The number of carbonyl (C=O) groups excluding carboxylic acids is 1. The number of aromatic nitrogens is 2. The summed E-state index contributed by atoms with van der Waals surface area (Å²) in [5.41, 5.74) is -0.522. The van der Waals surface area contributed by atoms with Crippen LogP contribution in [0.4, 0.5) is 24.8 Å². The lowest BCUT2D eigenvalue weighted by atomic mass is 10.1. The fraction of sp³-hybridized carbons (Fsp3) is 0.353. The summed E-state index contributed by atoms with van der Waals surface area (Å²) in [6, 6.07) is 4.90. The zero-order valence-electron chi connectivity index (χ0n) is 13.9. The van der Waals surface area contributed by atoms with Crippen LogP contribution in [0.1, 0.15) is 34.6 Å². The monoisotopic (exact) mass is 384 g/mol. The van der Waals surface area contributed by atoms with E-state index < -0.39 is 11.7 Å². The predicted octanol–water partition coefficient (Wildman–Crippen LogP) is 4.44. The van der Waals surface area contributed by atoms with Crippen LogP contribution in [0.5, 0.6) is 0 Å². The maximum atomic E-state index is 13.2. The molecule has 2 heterocycles. The van der Waals surface area contributed by atoms with Crippen LogP contribution in [0.25, 0.3) is 0 Å². The van der Waals surface area contributed by atoms with E-state index in [0.29, 0.717) is 18.8 Å². The highest BCUT2D eigenvalue weighted by molar-refractivity contribution is 6.30. The highest BCUT2D eigenvalue weighted by Gasteiger charge is 2.34. The van der Waals surface area contributed by atoms with Gasteiger partial charge in [0, 0.05) is 23.8 Å². The van der Waals surface area contributed by atoms with E-state index in [4.69, 9.17) is 11.6 Å². The summed E-state index contributed by atoms with van der Waals surface area (Å²) in [6.45, 7) is 2.96. The Hall–Kier alpha value is -2.35. The van der Waals surface area contributed by atoms with Gasteiger partial charge in [-0.3, -0.25) is 4.79 Å². The Kier molecular flexibility index (Phi) is 5.04. The van der Waals surface area contributed by atoms with Gasteiger partial charge in [-0.1, -0.05) is 11.6 Å². The molecule has 0 unspecified atom stereocenters. The average Bonchev–Trinajstić information content (AvgIpc) is 3.09. The topological polar surface area (TPSA) is 58.1 Å². The van der Waals surface area contributed by atoms with Crippen LogP contribution in [-0.2, 0) is 6.18 Å². The van der Waals surface area contributed by atoms with E-state index >= 15 is 0 Å². The van der Waals surface area contributed by atoms with Gasteiger partial charge in [0.2, 0.25) is 5.95 Å². The number of aryl methyl sites for hydroxylation is 1. The van der Waals surface area contributed by atoms with E-state index in [1.165, 1.54) is 18.2 Å². The Bertz CT molecular complexity index is 835. The van der Waals surface area contributed by atoms with E-state index in [9.17, 15) is 18.0 Å². The third-order valence-electron chi connectivity index (χ3n) is 4.00. The second kappa shape index (κ2) is 7.11. The lowest BCUT2D eigenvalue weighted by Gasteiger charge is -2.17. The van der Waals surface area contributed by atoms with Crippen LogP contribution in [0, 0.1) is 6.92 Å². The molecular formula is C17H16ClF3N4O. The molecule has 3 rings (SSSR count). The Balaban J connectivity index is 1.92. The quantitative estimate of drug-likeness (QED) is 0.850. The number of benzene rings is 1. The molecule has 0 bridgehead atoms. The van der Waals surface area contributed by atoms with Crippen molar-refractivity contribution in [2.45, 2.75) is 25.9 Å². The van der Waals surface area contributed by atoms with Gasteiger partial charge in [0.25, 0.3) is 5.91 Å². The first-order valence-corrected chi connectivity index (χ1v) is 8.40. The number of nitrogens with zero attached hydrogens (tertiary/aromatic N) is 3. The molecule has 1 saturated heterocycles. The van der Waals surface area contributed by atoms with Gasteiger partial charge in [-0.15, -0.1) is 0 Å². The van der Waals surface area contributed by atoms with Crippen LogP contribution in [0.3, 0.4) is 0 Å². The van der Waals surface area contributed by atoms with Crippen molar-refractivity contribution in [2.24, 2.45) is 0 Å². The molecule has 1 amide bonds. The molecule has 0 saturated carbocycles. The summed E-state index contributed by atoms with van der Waals surface area (Å²) < 4.78 is 39.7. The molecule has 5 nitrogen and oxygen atoms in total. The minimum absolute atomic E-state index is 0.0297. The molecule has 0 radical (unpaired) electrons. The molecule has 1 aromatic heterocycles. The predicted molar refractivity (Wildman–Crippen MR) is 91.6 cm³/mol. The number of likely N-dealkylation sites (tertiary alicyclic amines) is 1. The van der Waals surface area contributed by atoms with E-state index in [2.05, 4.69) is 15.3 Å². The fourth-order valence-electron chi connectivity index (χ4n) is 2.80. The number of amides is 1. The number of carbonyl (C=O) groups is 1.